The van der Waals surface area contributed by atoms with E-state index in [9.17, 15) is 9.90 Å². The summed E-state index contributed by atoms with van der Waals surface area (Å²) in [6, 6.07) is 10.1. The van der Waals surface area contributed by atoms with Crippen LogP contribution in [-0.4, -0.2) is 71.9 Å². The number of aliphatic hydroxyl groups excluding tert-OH is 1. The normalized spacial score (nSPS) is 29.0. The van der Waals surface area contributed by atoms with Crippen LogP contribution < -0.4 is 10.2 Å². The Morgan fingerprint density at radius 1 is 1.26 bits per heavy atom. The lowest BCUT2D eigenvalue weighted by Gasteiger charge is -2.45. The summed E-state index contributed by atoms with van der Waals surface area (Å²) in [6.45, 7) is 6.32. The van der Waals surface area contributed by atoms with Gasteiger partial charge in [0.1, 0.15) is 5.82 Å². The maximum Gasteiger partial charge on any atom is 0.229 e. The molecule has 0 radical (unpaired) electrons. The van der Waals surface area contributed by atoms with E-state index in [1.807, 2.05) is 18.2 Å². The van der Waals surface area contributed by atoms with Gasteiger partial charge in [-0.15, -0.1) is 11.3 Å². The summed E-state index contributed by atoms with van der Waals surface area (Å²) in [7, 11) is 0. The number of halogens is 1. The lowest BCUT2D eigenvalue weighted by atomic mass is 9.95. The van der Waals surface area contributed by atoms with Gasteiger partial charge in [-0.25, -0.2) is 4.98 Å². The van der Waals surface area contributed by atoms with Gasteiger partial charge in [-0.2, -0.15) is 0 Å². The highest BCUT2D eigenvalue weighted by Crippen LogP contribution is 2.49. The Kier molecular flexibility index (Phi) is 5.97. The van der Waals surface area contributed by atoms with Crippen LogP contribution >= 0.6 is 22.9 Å². The summed E-state index contributed by atoms with van der Waals surface area (Å²) in [5.74, 6) is 0.959. The van der Waals surface area contributed by atoms with E-state index in [1.165, 1.54) is 4.88 Å². The number of benzene rings is 1. The first-order chi connectivity index (χ1) is 16.9. The van der Waals surface area contributed by atoms with E-state index in [4.69, 9.17) is 16.3 Å². The number of ether oxygens (including phenoxy) is 1. The van der Waals surface area contributed by atoms with Gasteiger partial charge in [0.15, 0.2) is 0 Å². The molecule has 6 rings (SSSR count). The molecule has 0 spiro atoms. The minimum Gasteiger partial charge on any atom is -0.389 e. The Balaban J connectivity index is 1.15. The van der Waals surface area contributed by atoms with Gasteiger partial charge in [0.2, 0.25) is 5.91 Å². The molecule has 184 valence electrons. The van der Waals surface area contributed by atoms with Crippen molar-refractivity contribution < 1.29 is 14.6 Å². The van der Waals surface area contributed by atoms with Gasteiger partial charge in [0, 0.05) is 54.5 Å². The number of hydrogen-bond acceptors (Lipinski definition) is 7. The zero-order valence-corrected chi connectivity index (χ0v) is 21.2. The van der Waals surface area contributed by atoms with E-state index >= 15 is 0 Å². The number of fused-ring (bicyclic) bond motifs is 1. The molecule has 4 atom stereocenters. The second-order valence-electron chi connectivity index (χ2n) is 10.0. The minimum atomic E-state index is -0.462. The van der Waals surface area contributed by atoms with Crippen LogP contribution in [0.1, 0.15) is 24.1 Å². The zero-order chi connectivity index (χ0) is 24.2. The summed E-state index contributed by atoms with van der Waals surface area (Å²) in [5.41, 5.74) is 0.651. The number of hydrogen-bond donors (Lipinski definition) is 2. The van der Waals surface area contributed by atoms with Crippen molar-refractivity contribution >= 4 is 51.1 Å². The summed E-state index contributed by atoms with van der Waals surface area (Å²) >= 11 is 8.39. The standard InChI is InChI=1S/C26H29ClN4O3S/c1-26(15-34-14-23(26)32)31-6-4-30(5-7-31)21-10-16-11-24(28-13-17(16)9-20(21)27)29-25(33)19-12-18(19)22-3-2-8-35-22/h2-3,8-11,13,18-19,23,32H,4-7,12,14-15H2,1H3,(H,28,29,33)/t18-,19-,23+,26-/m0/s1. The molecule has 0 unspecified atom stereocenters. The molecule has 2 saturated heterocycles. The van der Waals surface area contributed by atoms with Gasteiger partial charge in [0.25, 0.3) is 0 Å². The number of carbonyl (C=O) groups excluding carboxylic acids is 1. The van der Waals surface area contributed by atoms with Crippen LogP contribution in [0, 0.1) is 5.92 Å². The molecule has 3 fully saturated rings. The molecule has 7 nitrogen and oxygen atoms in total. The average molecular weight is 513 g/mol. The van der Waals surface area contributed by atoms with E-state index in [1.54, 1.807) is 17.5 Å². The topological polar surface area (TPSA) is 77.9 Å². The van der Waals surface area contributed by atoms with Crippen molar-refractivity contribution in [3.63, 3.8) is 0 Å². The van der Waals surface area contributed by atoms with E-state index < -0.39 is 6.10 Å². The summed E-state index contributed by atoms with van der Waals surface area (Å²) in [5, 5.41) is 18.1. The molecule has 1 aromatic carbocycles. The monoisotopic (exact) mass is 512 g/mol. The van der Waals surface area contributed by atoms with Crippen molar-refractivity contribution in [2.24, 2.45) is 5.92 Å². The molecule has 1 aliphatic carbocycles. The SMILES string of the molecule is C[C@]1(N2CCN(c3cc4cc(NC(=O)[C@H]5C[C@@H]5c5cccs5)ncc4cc3Cl)CC2)COC[C@H]1O. The number of aliphatic hydroxyl groups is 1. The molecule has 4 heterocycles. The van der Waals surface area contributed by atoms with Gasteiger partial charge in [-0.05, 0) is 48.4 Å². The van der Waals surface area contributed by atoms with Crippen LogP contribution in [0.3, 0.4) is 0 Å². The third kappa shape index (κ3) is 4.32. The Hall–Kier alpha value is -2.23. The van der Waals surface area contributed by atoms with Gasteiger partial charge < -0.3 is 20.1 Å². The number of pyridine rings is 1. The number of piperazine rings is 1. The fourth-order valence-corrected chi connectivity index (χ4v) is 6.60. The summed E-state index contributed by atoms with van der Waals surface area (Å²) in [6.07, 6.45) is 2.20. The molecule has 1 saturated carbocycles. The van der Waals surface area contributed by atoms with Crippen LogP contribution in [0.15, 0.2) is 41.9 Å². The number of amides is 1. The number of anilines is 2. The van der Waals surface area contributed by atoms with E-state index in [0.29, 0.717) is 30.0 Å². The average Bonchev–Trinajstić information content (AvgIpc) is 3.32. The summed E-state index contributed by atoms with van der Waals surface area (Å²) < 4.78 is 5.52. The fraction of sp³-hybridized carbons (Fsp3) is 0.462. The largest absolute Gasteiger partial charge is 0.389 e. The predicted molar refractivity (Wildman–Crippen MR) is 140 cm³/mol. The number of aromatic nitrogens is 1. The van der Waals surface area contributed by atoms with E-state index in [0.717, 1.165) is 49.1 Å². The number of nitrogens with zero attached hydrogens (tertiary/aromatic N) is 3. The second-order valence-corrected chi connectivity index (χ2v) is 11.4. The first-order valence-electron chi connectivity index (χ1n) is 12.1. The van der Waals surface area contributed by atoms with Crippen LogP contribution in [0.25, 0.3) is 10.8 Å². The Morgan fingerprint density at radius 3 is 2.80 bits per heavy atom. The first kappa shape index (κ1) is 23.2. The second kappa shape index (κ2) is 9.01. The molecular formula is C26H29ClN4O3S. The molecule has 3 aromatic rings. The molecule has 2 aliphatic heterocycles. The molecule has 2 aromatic heterocycles. The summed E-state index contributed by atoms with van der Waals surface area (Å²) in [4.78, 5) is 23.1. The van der Waals surface area contributed by atoms with E-state index in [2.05, 4.69) is 44.5 Å². The van der Waals surface area contributed by atoms with Crippen LogP contribution in [0.5, 0.6) is 0 Å². The molecule has 9 heteroatoms. The van der Waals surface area contributed by atoms with Gasteiger partial charge in [0.05, 0.1) is 35.6 Å². The Bertz CT molecular complexity index is 1250. The smallest absolute Gasteiger partial charge is 0.229 e. The zero-order valence-electron chi connectivity index (χ0n) is 19.6. The number of thiophene rings is 1. The van der Waals surface area contributed by atoms with Crippen molar-refractivity contribution in [1.82, 2.24) is 9.88 Å². The fourth-order valence-electron chi connectivity index (χ4n) is 5.40. The number of carbonyl (C=O) groups is 1. The lowest BCUT2D eigenvalue weighted by Crippen LogP contribution is -2.60. The minimum absolute atomic E-state index is 0.0221. The molecule has 0 bridgehead atoms. The highest BCUT2D eigenvalue weighted by atomic mass is 35.5. The molecule has 1 amide bonds. The van der Waals surface area contributed by atoms with Gasteiger partial charge in [-0.3, -0.25) is 9.69 Å². The van der Waals surface area contributed by atoms with Gasteiger partial charge >= 0.3 is 0 Å². The third-order valence-corrected chi connectivity index (χ3v) is 9.11. The molecule has 2 N–H and O–H groups in total. The maximum absolute atomic E-state index is 12.8. The van der Waals surface area contributed by atoms with Crippen molar-refractivity contribution in [3.05, 3.63) is 51.8 Å². The van der Waals surface area contributed by atoms with Crippen molar-refractivity contribution in [2.75, 3.05) is 49.6 Å². The highest BCUT2D eigenvalue weighted by Gasteiger charge is 2.45. The quantitative estimate of drug-likeness (QED) is 0.539. The number of rotatable bonds is 5. The highest BCUT2D eigenvalue weighted by molar-refractivity contribution is 7.10. The van der Waals surface area contributed by atoms with Gasteiger partial charge in [-0.1, -0.05) is 17.7 Å². The van der Waals surface area contributed by atoms with Crippen LogP contribution in [-0.2, 0) is 9.53 Å². The predicted octanol–water partition coefficient (Wildman–Crippen LogP) is 3.96. The molecule has 3 aliphatic rings. The molecular weight excluding hydrogens is 484 g/mol. The van der Waals surface area contributed by atoms with Crippen molar-refractivity contribution in [2.45, 2.75) is 30.9 Å². The third-order valence-electron chi connectivity index (χ3n) is 7.81. The van der Waals surface area contributed by atoms with Crippen molar-refractivity contribution in [3.8, 4) is 0 Å². The first-order valence-corrected chi connectivity index (χ1v) is 13.4. The maximum atomic E-state index is 12.8. The van der Waals surface area contributed by atoms with Crippen LogP contribution in [0.4, 0.5) is 11.5 Å². The van der Waals surface area contributed by atoms with Crippen LogP contribution in [0.2, 0.25) is 5.02 Å². The van der Waals surface area contributed by atoms with E-state index in [-0.39, 0.29) is 17.4 Å². The number of nitrogens with one attached hydrogen (secondary N) is 1. The van der Waals surface area contributed by atoms with Crippen molar-refractivity contribution in [1.29, 1.82) is 0 Å². The molecule has 35 heavy (non-hydrogen) atoms. The Morgan fingerprint density at radius 2 is 2.09 bits per heavy atom. The Labute approximate surface area is 213 Å². The lowest BCUT2D eigenvalue weighted by molar-refractivity contribution is -0.117.